The molecule has 0 aromatic rings. The molecule has 9 nitrogen and oxygen atoms in total. The fourth-order valence-corrected chi connectivity index (χ4v) is 10.4. The van der Waals surface area contributed by atoms with Crippen LogP contribution in [0.5, 0.6) is 0 Å². The van der Waals surface area contributed by atoms with Crippen LogP contribution in [0.3, 0.4) is 0 Å². The van der Waals surface area contributed by atoms with E-state index in [2.05, 4.69) is 98.9 Å². The van der Waals surface area contributed by atoms with Crippen molar-refractivity contribution in [3.63, 3.8) is 0 Å². The number of carbonyl (C=O) groups is 2. The van der Waals surface area contributed by atoms with E-state index in [1.54, 1.807) is 0 Å². The lowest BCUT2D eigenvalue weighted by Gasteiger charge is -2.24. The number of nitrogens with zero attached hydrogens (tertiary/aromatic N) is 1. The quantitative estimate of drug-likeness (QED) is 0.0211. The molecule has 0 aliphatic carbocycles. The average molecular weight is 1170 g/mol. The third-order valence-corrected chi connectivity index (χ3v) is 15.9. The molecule has 0 aliphatic rings. The van der Waals surface area contributed by atoms with E-state index in [1.807, 2.05) is 21.1 Å². The van der Waals surface area contributed by atoms with Gasteiger partial charge in [0.05, 0.1) is 27.7 Å². The van der Waals surface area contributed by atoms with Crippen LogP contribution < -0.4 is 0 Å². The van der Waals surface area contributed by atoms with Crippen LogP contribution in [0.2, 0.25) is 0 Å². The second-order valence-corrected chi connectivity index (χ2v) is 25.6. The zero-order valence-electron chi connectivity index (χ0n) is 54.2. The van der Waals surface area contributed by atoms with Crippen LogP contribution in [0.1, 0.15) is 309 Å². The van der Waals surface area contributed by atoms with Gasteiger partial charge < -0.3 is 18.9 Å². The third-order valence-electron chi connectivity index (χ3n) is 14.9. The number of ether oxygens (including phenoxy) is 2. The highest BCUT2D eigenvalue weighted by molar-refractivity contribution is 7.47. The minimum absolute atomic E-state index is 0.0298. The summed E-state index contributed by atoms with van der Waals surface area (Å²) in [6.45, 7) is 4.36. The number of phosphoric ester groups is 1. The highest BCUT2D eigenvalue weighted by Crippen LogP contribution is 2.43. The van der Waals surface area contributed by atoms with E-state index in [1.165, 1.54) is 186 Å². The van der Waals surface area contributed by atoms with E-state index in [9.17, 15) is 19.0 Å². The maximum absolute atomic E-state index is 12.9. The lowest BCUT2D eigenvalue weighted by atomic mass is 10.0. The van der Waals surface area contributed by atoms with Crippen LogP contribution in [0.4, 0.5) is 0 Å². The summed E-state index contributed by atoms with van der Waals surface area (Å²) in [4.78, 5) is 35.9. The van der Waals surface area contributed by atoms with Gasteiger partial charge in [-0.25, -0.2) is 4.57 Å². The Morgan fingerprint density at radius 2 is 0.695 bits per heavy atom. The summed E-state index contributed by atoms with van der Waals surface area (Å²) >= 11 is 0. The molecule has 82 heavy (non-hydrogen) atoms. The topological polar surface area (TPSA) is 108 Å². The van der Waals surface area contributed by atoms with Gasteiger partial charge in [-0.1, -0.05) is 311 Å². The monoisotopic (exact) mass is 1170 g/mol. The fraction of sp³-hybridized carbons (Fsp3) is 0.778. The molecule has 0 radical (unpaired) electrons. The van der Waals surface area contributed by atoms with Crippen LogP contribution >= 0.6 is 7.82 Å². The fourth-order valence-electron chi connectivity index (χ4n) is 9.71. The number of quaternary nitrogens is 1. The summed E-state index contributed by atoms with van der Waals surface area (Å²) in [6, 6.07) is 0. The van der Waals surface area contributed by atoms with Gasteiger partial charge in [0.2, 0.25) is 0 Å². The van der Waals surface area contributed by atoms with E-state index in [0.29, 0.717) is 23.9 Å². The van der Waals surface area contributed by atoms with Gasteiger partial charge in [-0.3, -0.25) is 18.6 Å². The molecule has 0 aromatic heterocycles. The largest absolute Gasteiger partial charge is 0.472 e. The highest BCUT2D eigenvalue weighted by Gasteiger charge is 2.27. The van der Waals surface area contributed by atoms with Gasteiger partial charge in [-0.05, 0) is 70.6 Å². The first-order valence-electron chi connectivity index (χ1n) is 34.3. The summed E-state index contributed by atoms with van der Waals surface area (Å²) in [5.74, 6) is -0.790. The number of hydrogen-bond acceptors (Lipinski definition) is 7. The van der Waals surface area contributed by atoms with Gasteiger partial charge in [0.15, 0.2) is 6.10 Å². The van der Waals surface area contributed by atoms with E-state index in [-0.39, 0.29) is 25.6 Å². The number of allylic oxidation sites excluding steroid dienone is 14. The molecule has 0 fully saturated rings. The molecule has 476 valence electrons. The Labute approximate surface area is 507 Å². The van der Waals surface area contributed by atoms with Gasteiger partial charge >= 0.3 is 19.8 Å². The van der Waals surface area contributed by atoms with Gasteiger partial charge in [-0.2, -0.15) is 0 Å². The van der Waals surface area contributed by atoms with Crippen molar-refractivity contribution in [2.45, 2.75) is 315 Å². The third kappa shape index (κ3) is 66.3. The molecule has 0 amide bonds. The Hall–Kier alpha value is -2.81. The number of esters is 2. The Bertz CT molecular complexity index is 1660. The molecule has 10 heteroatoms. The number of phosphoric acid groups is 1. The molecule has 0 heterocycles. The molecule has 0 aromatic carbocycles. The lowest BCUT2D eigenvalue weighted by molar-refractivity contribution is -0.870. The second-order valence-electron chi connectivity index (χ2n) is 24.2. The predicted octanol–water partition coefficient (Wildman–Crippen LogP) is 22.2. The Morgan fingerprint density at radius 3 is 1.04 bits per heavy atom. The van der Waals surface area contributed by atoms with Crippen molar-refractivity contribution < 1.29 is 42.1 Å². The van der Waals surface area contributed by atoms with Gasteiger partial charge in [0.1, 0.15) is 19.8 Å². The van der Waals surface area contributed by atoms with Gasteiger partial charge in [0, 0.05) is 12.8 Å². The first-order chi connectivity index (χ1) is 40.0. The van der Waals surface area contributed by atoms with Crippen molar-refractivity contribution in [3.8, 4) is 0 Å². The highest BCUT2D eigenvalue weighted by atomic mass is 31.2. The van der Waals surface area contributed by atoms with Crippen molar-refractivity contribution in [1.29, 1.82) is 0 Å². The van der Waals surface area contributed by atoms with Crippen LogP contribution in [-0.4, -0.2) is 74.9 Å². The van der Waals surface area contributed by atoms with Crippen molar-refractivity contribution >= 4 is 19.8 Å². The summed E-state index contributed by atoms with van der Waals surface area (Å²) in [6.07, 6.45) is 85.3. The molecule has 0 saturated heterocycles. The van der Waals surface area contributed by atoms with E-state index in [4.69, 9.17) is 18.5 Å². The molecule has 2 unspecified atom stereocenters. The predicted molar refractivity (Wildman–Crippen MR) is 353 cm³/mol. The summed E-state index contributed by atoms with van der Waals surface area (Å²) in [7, 11) is 1.48. The Morgan fingerprint density at radius 1 is 0.390 bits per heavy atom. The number of unbranched alkanes of at least 4 members (excludes halogenated alkanes) is 35. The van der Waals surface area contributed by atoms with Gasteiger partial charge in [-0.15, -0.1) is 0 Å². The normalized spacial score (nSPS) is 13.7. The standard InChI is InChI=1S/C72H130NO8P/c1-6-8-10-12-14-16-18-20-22-24-26-28-30-32-33-34-35-36-37-38-39-41-43-45-47-49-51-53-55-57-59-61-63-65-72(75)81-70(69-80-82(76,77)79-67-66-73(3,4)5)68-78-71(74)64-62-60-58-56-54-52-50-48-46-44-42-40-31-29-27-25-23-21-19-17-15-13-11-9-7-2/h8,10,14,16,20,22,26,28,32-33,35-36,38-39,70H,6-7,9,11-13,15,17-19,21,23-25,27,29-31,34,37,40-69H2,1-5H3/p+1/b10-8-,16-14-,22-20-,28-26-,33-32-,36-35-,39-38-. The minimum Gasteiger partial charge on any atom is -0.462 e. The number of likely N-dealkylation sites (N-methyl/N-ethyl adjacent to an activating group) is 1. The molecule has 0 rings (SSSR count). The molecule has 0 bridgehead atoms. The summed E-state index contributed by atoms with van der Waals surface area (Å²) < 4.78 is 34.7. The van der Waals surface area contributed by atoms with Crippen LogP contribution in [0.15, 0.2) is 85.1 Å². The van der Waals surface area contributed by atoms with Gasteiger partial charge in [0.25, 0.3) is 0 Å². The van der Waals surface area contributed by atoms with Crippen molar-refractivity contribution in [2.75, 3.05) is 47.5 Å². The SMILES string of the molecule is CC/C=C\C/C=C\C/C=C\C/C=C\C/C=C\C/C=C\C/C=C\CCCCCCCCCCCCCC(=O)OC(COC(=O)CCCCCCCCCCCCCCCCCCCCCCCCCCC)COP(=O)(O)OCC[N+](C)(C)C. The number of hydrogen-bond donors (Lipinski definition) is 1. The molecular formula is C72H131NO8P+. The molecule has 0 spiro atoms. The second kappa shape index (κ2) is 62.7. The van der Waals surface area contributed by atoms with Crippen molar-refractivity contribution in [3.05, 3.63) is 85.1 Å². The summed E-state index contributed by atoms with van der Waals surface area (Å²) in [5, 5.41) is 0. The number of carbonyl (C=O) groups excluding carboxylic acids is 2. The van der Waals surface area contributed by atoms with Crippen LogP contribution in [-0.2, 0) is 32.7 Å². The minimum atomic E-state index is -4.39. The van der Waals surface area contributed by atoms with E-state index in [0.717, 1.165) is 89.9 Å². The van der Waals surface area contributed by atoms with Crippen LogP contribution in [0, 0.1) is 0 Å². The summed E-state index contributed by atoms with van der Waals surface area (Å²) in [5.41, 5.74) is 0. The number of rotatable bonds is 63. The maximum atomic E-state index is 12.9. The van der Waals surface area contributed by atoms with Crippen molar-refractivity contribution in [1.82, 2.24) is 0 Å². The smallest absolute Gasteiger partial charge is 0.462 e. The zero-order valence-corrected chi connectivity index (χ0v) is 55.1. The first kappa shape index (κ1) is 79.2. The zero-order chi connectivity index (χ0) is 59.8. The van der Waals surface area contributed by atoms with Crippen LogP contribution in [0.25, 0.3) is 0 Å². The molecule has 0 saturated carbocycles. The Kier molecular flexibility index (Phi) is 60.6. The molecular weight excluding hydrogens is 1040 g/mol. The lowest BCUT2D eigenvalue weighted by Crippen LogP contribution is -2.37. The van der Waals surface area contributed by atoms with E-state index < -0.39 is 26.5 Å². The molecule has 0 aliphatic heterocycles. The van der Waals surface area contributed by atoms with Crippen molar-refractivity contribution in [2.24, 2.45) is 0 Å². The first-order valence-corrected chi connectivity index (χ1v) is 35.8. The molecule has 2 atom stereocenters. The molecule has 1 N–H and O–H groups in total. The van der Waals surface area contributed by atoms with E-state index >= 15 is 0 Å². The Balaban J connectivity index is 4.07. The average Bonchev–Trinajstić information content (AvgIpc) is 3.46. The maximum Gasteiger partial charge on any atom is 0.472 e.